The molecular weight excluding hydrogens is 249 g/mol. The standard InChI is InChI=1S/C12H10FN5O/c13-8-1-2-9(15)10(5-8)17-12(19)7-18-4-3-16-11(18)6-14/h1-5H,7,15H2,(H,17,19). The summed E-state index contributed by atoms with van der Waals surface area (Å²) in [4.78, 5) is 15.5. The fourth-order valence-corrected chi connectivity index (χ4v) is 1.53. The van der Waals surface area contributed by atoms with Crippen molar-refractivity contribution in [1.29, 1.82) is 5.26 Å². The van der Waals surface area contributed by atoms with E-state index in [1.165, 1.54) is 29.1 Å². The summed E-state index contributed by atoms with van der Waals surface area (Å²) in [6, 6.07) is 5.55. The molecule has 0 unspecified atom stereocenters. The van der Waals surface area contributed by atoms with Gasteiger partial charge < -0.3 is 15.6 Å². The van der Waals surface area contributed by atoms with Crippen LogP contribution in [0.25, 0.3) is 0 Å². The number of imidazole rings is 1. The lowest BCUT2D eigenvalue weighted by molar-refractivity contribution is -0.116. The first-order valence-electron chi connectivity index (χ1n) is 5.36. The van der Waals surface area contributed by atoms with E-state index in [0.29, 0.717) is 0 Å². The molecule has 0 spiro atoms. The summed E-state index contributed by atoms with van der Waals surface area (Å²) in [7, 11) is 0. The number of anilines is 2. The molecule has 96 valence electrons. The highest BCUT2D eigenvalue weighted by Crippen LogP contribution is 2.19. The first-order chi connectivity index (χ1) is 9.10. The van der Waals surface area contributed by atoms with Gasteiger partial charge in [0.15, 0.2) is 0 Å². The van der Waals surface area contributed by atoms with E-state index in [4.69, 9.17) is 11.0 Å². The Morgan fingerprint density at radius 3 is 3.11 bits per heavy atom. The van der Waals surface area contributed by atoms with Crippen LogP contribution in [-0.4, -0.2) is 15.5 Å². The van der Waals surface area contributed by atoms with Crippen LogP contribution >= 0.6 is 0 Å². The number of nitrogens with one attached hydrogen (secondary N) is 1. The smallest absolute Gasteiger partial charge is 0.244 e. The van der Waals surface area contributed by atoms with Crippen LogP contribution in [0.3, 0.4) is 0 Å². The number of halogens is 1. The third kappa shape index (κ3) is 2.87. The molecule has 0 aliphatic rings. The molecule has 0 fully saturated rings. The molecule has 0 saturated heterocycles. The van der Waals surface area contributed by atoms with Crippen molar-refractivity contribution >= 4 is 17.3 Å². The lowest BCUT2D eigenvalue weighted by Crippen LogP contribution is -2.20. The zero-order valence-electron chi connectivity index (χ0n) is 9.80. The van der Waals surface area contributed by atoms with Gasteiger partial charge in [-0.2, -0.15) is 5.26 Å². The minimum absolute atomic E-state index is 0.0984. The monoisotopic (exact) mass is 259 g/mol. The van der Waals surface area contributed by atoms with Gasteiger partial charge in [0.1, 0.15) is 18.4 Å². The molecule has 6 nitrogen and oxygen atoms in total. The zero-order chi connectivity index (χ0) is 13.8. The van der Waals surface area contributed by atoms with Crippen LogP contribution in [0, 0.1) is 17.1 Å². The van der Waals surface area contributed by atoms with Gasteiger partial charge in [-0.1, -0.05) is 0 Å². The maximum atomic E-state index is 13.0. The normalized spacial score (nSPS) is 9.89. The van der Waals surface area contributed by atoms with Gasteiger partial charge in [0.25, 0.3) is 0 Å². The van der Waals surface area contributed by atoms with E-state index in [2.05, 4.69) is 10.3 Å². The highest BCUT2D eigenvalue weighted by atomic mass is 19.1. The summed E-state index contributed by atoms with van der Waals surface area (Å²) in [5.74, 6) is -0.793. The molecule has 19 heavy (non-hydrogen) atoms. The molecule has 0 atom stereocenters. The fraction of sp³-hybridized carbons (Fsp3) is 0.0833. The predicted molar refractivity (Wildman–Crippen MR) is 66.4 cm³/mol. The van der Waals surface area contributed by atoms with Crippen LogP contribution in [0.15, 0.2) is 30.6 Å². The van der Waals surface area contributed by atoms with Gasteiger partial charge in [-0.25, -0.2) is 9.37 Å². The van der Waals surface area contributed by atoms with Crippen LogP contribution in [-0.2, 0) is 11.3 Å². The third-order valence-corrected chi connectivity index (χ3v) is 2.42. The van der Waals surface area contributed by atoms with Crippen LogP contribution in [0.1, 0.15) is 5.82 Å². The maximum Gasteiger partial charge on any atom is 0.244 e. The highest BCUT2D eigenvalue weighted by molar-refractivity contribution is 5.93. The summed E-state index contributed by atoms with van der Waals surface area (Å²) in [6.45, 7) is -0.0984. The van der Waals surface area contributed by atoms with Gasteiger partial charge in [0.05, 0.1) is 11.4 Å². The van der Waals surface area contributed by atoms with Crippen LogP contribution < -0.4 is 11.1 Å². The Bertz CT molecular complexity index is 658. The molecule has 0 saturated carbocycles. The molecule has 1 amide bonds. The maximum absolute atomic E-state index is 13.0. The second-order valence-electron chi connectivity index (χ2n) is 3.77. The predicted octanol–water partition coefficient (Wildman–Crippen LogP) is 1.11. The Labute approximate surface area is 108 Å². The number of nitrogen functional groups attached to an aromatic ring is 1. The van der Waals surface area contributed by atoms with Gasteiger partial charge >= 0.3 is 0 Å². The molecule has 1 aromatic heterocycles. The van der Waals surface area contributed by atoms with Crippen molar-refractivity contribution in [2.45, 2.75) is 6.54 Å². The van der Waals surface area contributed by atoms with Crippen molar-refractivity contribution in [2.24, 2.45) is 0 Å². The molecule has 1 aromatic carbocycles. The number of nitrogens with two attached hydrogens (primary N) is 1. The van der Waals surface area contributed by atoms with Crippen molar-refractivity contribution in [3.8, 4) is 6.07 Å². The number of carbonyl (C=O) groups excluding carboxylic acids is 1. The number of aromatic nitrogens is 2. The molecule has 2 rings (SSSR count). The van der Waals surface area contributed by atoms with E-state index >= 15 is 0 Å². The molecule has 7 heteroatoms. The number of nitrogens with zero attached hydrogens (tertiary/aromatic N) is 3. The van der Waals surface area contributed by atoms with E-state index in [1.54, 1.807) is 0 Å². The molecule has 0 bridgehead atoms. The quantitative estimate of drug-likeness (QED) is 0.807. The average molecular weight is 259 g/mol. The van der Waals surface area contributed by atoms with Gasteiger partial charge in [0.2, 0.25) is 11.7 Å². The van der Waals surface area contributed by atoms with Crippen molar-refractivity contribution in [2.75, 3.05) is 11.1 Å². The minimum Gasteiger partial charge on any atom is -0.397 e. The van der Waals surface area contributed by atoms with Crippen molar-refractivity contribution in [1.82, 2.24) is 9.55 Å². The summed E-state index contributed by atoms with van der Waals surface area (Å²) < 4.78 is 14.4. The molecule has 0 radical (unpaired) electrons. The third-order valence-electron chi connectivity index (χ3n) is 2.42. The van der Waals surface area contributed by atoms with Crippen LogP contribution in [0.5, 0.6) is 0 Å². The lowest BCUT2D eigenvalue weighted by atomic mass is 10.2. The van der Waals surface area contributed by atoms with E-state index in [1.807, 2.05) is 6.07 Å². The molecule has 0 aliphatic carbocycles. The number of hydrogen-bond acceptors (Lipinski definition) is 4. The zero-order valence-corrected chi connectivity index (χ0v) is 9.80. The summed E-state index contributed by atoms with van der Waals surface area (Å²) in [5, 5.41) is 11.2. The minimum atomic E-state index is -0.496. The topological polar surface area (TPSA) is 96.7 Å². The van der Waals surface area contributed by atoms with Crippen LogP contribution in [0.2, 0.25) is 0 Å². The summed E-state index contributed by atoms with van der Waals surface area (Å²) >= 11 is 0. The average Bonchev–Trinajstić information content (AvgIpc) is 2.81. The number of nitriles is 1. The molecule has 2 aromatic rings. The number of amides is 1. The van der Waals surface area contributed by atoms with Crippen molar-refractivity contribution in [3.05, 3.63) is 42.2 Å². The number of rotatable bonds is 3. The van der Waals surface area contributed by atoms with Crippen molar-refractivity contribution in [3.63, 3.8) is 0 Å². The van der Waals surface area contributed by atoms with Crippen LogP contribution in [0.4, 0.5) is 15.8 Å². The molecule has 1 heterocycles. The molecule has 0 aliphatic heterocycles. The SMILES string of the molecule is N#Cc1nccn1CC(=O)Nc1cc(F)ccc1N. The van der Waals surface area contributed by atoms with Gasteiger partial charge in [0, 0.05) is 12.4 Å². The van der Waals surface area contributed by atoms with Gasteiger partial charge in [-0.3, -0.25) is 4.79 Å². The molecule has 3 N–H and O–H groups in total. The van der Waals surface area contributed by atoms with Crippen molar-refractivity contribution < 1.29 is 9.18 Å². The largest absolute Gasteiger partial charge is 0.397 e. The van der Waals surface area contributed by atoms with E-state index < -0.39 is 11.7 Å². The second kappa shape index (κ2) is 5.18. The van der Waals surface area contributed by atoms with E-state index in [9.17, 15) is 9.18 Å². The molecular formula is C12H10FN5O. The van der Waals surface area contributed by atoms with Gasteiger partial charge in [-0.15, -0.1) is 0 Å². The fourth-order valence-electron chi connectivity index (χ4n) is 1.53. The Morgan fingerprint density at radius 1 is 1.58 bits per heavy atom. The highest BCUT2D eigenvalue weighted by Gasteiger charge is 2.09. The number of carbonyl (C=O) groups is 1. The first kappa shape index (κ1) is 12.6. The summed E-state index contributed by atoms with van der Waals surface area (Å²) in [6.07, 6.45) is 2.93. The number of benzene rings is 1. The lowest BCUT2D eigenvalue weighted by Gasteiger charge is -2.08. The Balaban J connectivity index is 2.10. The second-order valence-corrected chi connectivity index (χ2v) is 3.77. The summed E-state index contributed by atoms with van der Waals surface area (Å²) in [5.41, 5.74) is 6.08. The first-order valence-corrected chi connectivity index (χ1v) is 5.36. The van der Waals surface area contributed by atoms with Gasteiger partial charge in [-0.05, 0) is 18.2 Å². The Morgan fingerprint density at radius 2 is 2.37 bits per heavy atom. The Hall–Kier alpha value is -2.88. The number of hydrogen-bond donors (Lipinski definition) is 2. The van der Waals surface area contributed by atoms with E-state index in [0.717, 1.165) is 6.07 Å². The Kier molecular flexibility index (Phi) is 3.43. The van der Waals surface area contributed by atoms with E-state index in [-0.39, 0.29) is 23.7 Å².